The number of carbonyl (C=O) groups excluding carboxylic acids is 1. The summed E-state index contributed by atoms with van der Waals surface area (Å²) >= 11 is 0. The van der Waals surface area contributed by atoms with Gasteiger partial charge in [0.15, 0.2) is 0 Å². The molecule has 0 aliphatic carbocycles. The van der Waals surface area contributed by atoms with E-state index < -0.39 is 0 Å². The first-order valence-corrected chi connectivity index (χ1v) is 6.53. The first kappa shape index (κ1) is 10.6. The summed E-state index contributed by atoms with van der Waals surface area (Å²) in [6, 6.07) is 16.1. The quantitative estimate of drug-likeness (QED) is 0.699. The highest BCUT2D eigenvalue weighted by Crippen LogP contribution is 2.35. The van der Waals surface area contributed by atoms with Gasteiger partial charge in [-0.1, -0.05) is 48.6 Å². The summed E-state index contributed by atoms with van der Waals surface area (Å²) in [4.78, 5) is 14.6. The van der Waals surface area contributed by atoms with E-state index in [1.807, 2.05) is 41.3 Å². The second-order valence-electron chi connectivity index (χ2n) is 5.02. The van der Waals surface area contributed by atoms with E-state index in [0.717, 1.165) is 28.8 Å². The second kappa shape index (κ2) is 3.82. The third kappa shape index (κ3) is 1.46. The van der Waals surface area contributed by atoms with Crippen molar-refractivity contribution in [2.45, 2.75) is 12.5 Å². The number of nitrogens with zero attached hydrogens (tertiary/aromatic N) is 1. The Balaban J connectivity index is 1.90. The van der Waals surface area contributed by atoms with Gasteiger partial charge in [-0.25, -0.2) is 0 Å². The predicted octanol–water partition coefficient (Wildman–Crippen LogP) is 3.28. The molecule has 0 saturated heterocycles. The van der Waals surface area contributed by atoms with Crippen molar-refractivity contribution in [2.24, 2.45) is 0 Å². The Hall–Kier alpha value is -2.35. The van der Waals surface area contributed by atoms with Crippen molar-refractivity contribution in [3.8, 4) is 0 Å². The molecular formula is C17H13NO. The van der Waals surface area contributed by atoms with Gasteiger partial charge in [0.1, 0.15) is 0 Å². The van der Waals surface area contributed by atoms with Crippen LogP contribution >= 0.6 is 0 Å². The summed E-state index contributed by atoms with van der Waals surface area (Å²) in [6.07, 6.45) is 5.15. The Morgan fingerprint density at radius 3 is 2.74 bits per heavy atom. The number of anilines is 1. The van der Waals surface area contributed by atoms with Gasteiger partial charge in [0.2, 0.25) is 0 Å². The zero-order valence-corrected chi connectivity index (χ0v) is 10.4. The van der Waals surface area contributed by atoms with Crippen LogP contribution in [0, 0.1) is 0 Å². The fourth-order valence-electron chi connectivity index (χ4n) is 3.01. The van der Waals surface area contributed by atoms with Gasteiger partial charge < -0.3 is 4.90 Å². The minimum atomic E-state index is 0.114. The van der Waals surface area contributed by atoms with E-state index in [4.69, 9.17) is 0 Å². The van der Waals surface area contributed by atoms with Gasteiger partial charge in [0.05, 0.1) is 11.7 Å². The largest absolute Gasteiger partial charge is 0.301 e. The highest BCUT2D eigenvalue weighted by atomic mass is 16.2. The van der Waals surface area contributed by atoms with Crippen LogP contribution in [0.2, 0.25) is 0 Å². The van der Waals surface area contributed by atoms with E-state index >= 15 is 0 Å². The summed E-state index contributed by atoms with van der Waals surface area (Å²) in [5.41, 5.74) is 4.13. The predicted molar refractivity (Wildman–Crippen MR) is 76.2 cm³/mol. The zero-order valence-electron chi connectivity index (χ0n) is 10.4. The maximum atomic E-state index is 12.7. The van der Waals surface area contributed by atoms with Crippen LogP contribution in [-0.2, 0) is 6.42 Å². The number of hydrogen-bond acceptors (Lipinski definition) is 1. The topological polar surface area (TPSA) is 20.3 Å². The normalized spacial score (nSPS) is 19.7. The van der Waals surface area contributed by atoms with Crippen LogP contribution < -0.4 is 4.90 Å². The Morgan fingerprint density at radius 1 is 1.00 bits per heavy atom. The molecule has 4 rings (SSSR count). The van der Waals surface area contributed by atoms with Crippen LogP contribution in [0.5, 0.6) is 0 Å². The van der Waals surface area contributed by atoms with Crippen LogP contribution in [-0.4, -0.2) is 11.9 Å². The maximum absolute atomic E-state index is 12.7. The fourth-order valence-corrected chi connectivity index (χ4v) is 3.01. The van der Waals surface area contributed by atoms with Crippen molar-refractivity contribution < 1.29 is 4.79 Å². The Labute approximate surface area is 112 Å². The average molecular weight is 247 g/mol. The van der Waals surface area contributed by atoms with Crippen molar-refractivity contribution in [1.29, 1.82) is 0 Å². The van der Waals surface area contributed by atoms with Gasteiger partial charge in [-0.3, -0.25) is 4.79 Å². The molecule has 2 heteroatoms. The Bertz CT molecular complexity index is 702. The molecule has 2 nitrogen and oxygen atoms in total. The standard InChI is InChI=1S/C17H13NO/c19-17-15-7-3-1-6-13(15)11-14-10-9-12-5-2-4-8-16(12)18(14)17/h1-10,14H,11H2/t14-/m1/s1. The molecule has 2 aromatic rings. The van der Waals surface area contributed by atoms with E-state index in [1.165, 1.54) is 0 Å². The Morgan fingerprint density at radius 2 is 1.79 bits per heavy atom. The van der Waals surface area contributed by atoms with E-state index in [1.54, 1.807) is 0 Å². The number of para-hydroxylation sites is 1. The van der Waals surface area contributed by atoms with Crippen LogP contribution in [0.3, 0.4) is 0 Å². The lowest BCUT2D eigenvalue weighted by Gasteiger charge is -2.38. The third-order valence-corrected chi connectivity index (χ3v) is 3.92. The molecule has 2 aromatic carbocycles. The van der Waals surface area contributed by atoms with Crippen molar-refractivity contribution in [3.63, 3.8) is 0 Å². The molecular weight excluding hydrogens is 234 g/mol. The summed E-state index contributed by atoms with van der Waals surface area (Å²) < 4.78 is 0. The van der Waals surface area contributed by atoms with Crippen molar-refractivity contribution >= 4 is 17.7 Å². The molecule has 92 valence electrons. The molecule has 0 fully saturated rings. The van der Waals surface area contributed by atoms with Gasteiger partial charge in [-0.15, -0.1) is 0 Å². The molecule has 0 saturated carbocycles. The highest BCUT2D eigenvalue weighted by molar-refractivity contribution is 6.10. The van der Waals surface area contributed by atoms with Crippen LogP contribution in [0.1, 0.15) is 21.5 Å². The Kier molecular flexibility index (Phi) is 2.12. The zero-order chi connectivity index (χ0) is 12.8. The van der Waals surface area contributed by atoms with Crippen molar-refractivity contribution in [2.75, 3.05) is 4.90 Å². The average Bonchev–Trinajstić information content (AvgIpc) is 2.47. The molecule has 0 spiro atoms. The molecule has 2 aliphatic rings. The van der Waals surface area contributed by atoms with Crippen molar-refractivity contribution in [3.05, 3.63) is 71.3 Å². The fraction of sp³-hybridized carbons (Fsp3) is 0.118. The van der Waals surface area contributed by atoms with Crippen LogP contribution in [0.4, 0.5) is 5.69 Å². The number of hydrogen-bond donors (Lipinski definition) is 0. The van der Waals surface area contributed by atoms with E-state index in [-0.39, 0.29) is 11.9 Å². The number of fused-ring (bicyclic) bond motifs is 4. The minimum absolute atomic E-state index is 0.114. The van der Waals surface area contributed by atoms with Crippen LogP contribution in [0.25, 0.3) is 6.08 Å². The lowest BCUT2D eigenvalue weighted by molar-refractivity contribution is 0.0972. The molecule has 0 aromatic heterocycles. The van der Waals surface area contributed by atoms with E-state index in [9.17, 15) is 4.79 Å². The lowest BCUT2D eigenvalue weighted by atomic mass is 9.89. The second-order valence-corrected chi connectivity index (χ2v) is 5.02. The van der Waals surface area contributed by atoms with Gasteiger partial charge in [0, 0.05) is 5.56 Å². The van der Waals surface area contributed by atoms with Gasteiger partial charge in [-0.2, -0.15) is 0 Å². The molecule has 2 heterocycles. The first-order chi connectivity index (χ1) is 9.34. The van der Waals surface area contributed by atoms with E-state index in [0.29, 0.717) is 0 Å². The molecule has 1 amide bonds. The molecule has 0 N–H and O–H groups in total. The van der Waals surface area contributed by atoms with Crippen molar-refractivity contribution in [1.82, 2.24) is 0 Å². The summed E-state index contributed by atoms with van der Waals surface area (Å²) in [7, 11) is 0. The minimum Gasteiger partial charge on any atom is -0.301 e. The lowest BCUT2D eigenvalue weighted by Crippen LogP contribution is -2.46. The first-order valence-electron chi connectivity index (χ1n) is 6.53. The van der Waals surface area contributed by atoms with Gasteiger partial charge >= 0.3 is 0 Å². The molecule has 19 heavy (non-hydrogen) atoms. The molecule has 0 unspecified atom stereocenters. The third-order valence-electron chi connectivity index (χ3n) is 3.92. The molecule has 0 radical (unpaired) electrons. The SMILES string of the molecule is O=C1c2ccccc2C[C@H]2C=Cc3ccccc3N12. The van der Waals surface area contributed by atoms with Gasteiger partial charge in [-0.05, 0) is 29.7 Å². The number of amides is 1. The number of carbonyl (C=O) groups is 1. The maximum Gasteiger partial charge on any atom is 0.259 e. The number of rotatable bonds is 0. The van der Waals surface area contributed by atoms with Crippen LogP contribution in [0.15, 0.2) is 54.6 Å². The van der Waals surface area contributed by atoms with Gasteiger partial charge in [0.25, 0.3) is 5.91 Å². The smallest absolute Gasteiger partial charge is 0.259 e. The molecule has 0 bridgehead atoms. The monoisotopic (exact) mass is 247 g/mol. The molecule has 1 atom stereocenters. The summed E-state index contributed by atoms with van der Waals surface area (Å²) in [6.45, 7) is 0. The van der Waals surface area contributed by atoms with E-state index in [2.05, 4.69) is 24.3 Å². The molecule has 2 aliphatic heterocycles. The summed E-state index contributed by atoms with van der Waals surface area (Å²) in [5.74, 6) is 0.114. The number of benzene rings is 2. The summed E-state index contributed by atoms with van der Waals surface area (Å²) in [5, 5.41) is 0. The highest BCUT2D eigenvalue weighted by Gasteiger charge is 2.34.